The summed E-state index contributed by atoms with van der Waals surface area (Å²) in [5.74, 6) is 1.36. The van der Waals surface area contributed by atoms with E-state index in [0.29, 0.717) is 15.7 Å². The minimum absolute atomic E-state index is 0.378. The average Bonchev–Trinajstić information content (AvgIpc) is 2.68. The van der Waals surface area contributed by atoms with Crippen molar-refractivity contribution >= 4 is 22.4 Å². The lowest BCUT2D eigenvalue weighted by atomic mass is 10.1. The van der Waals surface area contributed by atoms with Gasteiger partial charge in [-0.15, -0.1) is 0 Å². The van der Waals surface area contributed by atoms with Crippen LogP contribution in [-0.4, -0.2) is 9.37 Å². The molecule has 0 saturated heterocycles. The Morgan fingerprint density at radius 1 is 1.20 bits per heavy atom. The van der Waals surface area contributed by atoms with Crippen LogP contribution in [0.5, 0.6) is 0 Å². The Bertz CT molecular complexity index is 639. The second kappa shape index (κ2) is 6.10. The van der Waals surface area contributed by atoms with Crippen molar-refractivity contribution < 1.29 is 8.73 Å². The number of aryl methyl sites for hydroxylation is 1. The summed E-state index contributed by atoms with van der Waals surface area (Å²) >= 11 is 6.09. The molecule has 1 aromatic heterocycles. The largest absolute Gasteiger partial charge is 0.361 e. The van der Waals surface area contributed by atoms with E-state index in [9.17, 15) is 4.21 Å². The van der Waals surface area contributed by atoms with Crippen molar-refractivity contribution in [3.8, 4) is 0 Å². The molecule has 106 valence electrons. The van der Waals surface area contributed by atoms with Crippen LogP contribution >= 0.6 is 11.6 Å². The lowest BCUT2D eigenvalue weighted by Gasteiger charge is -2.04. The molecule has 0 radical (unpaired) electrons. The minimum atomic E-state index is -1.18. The molecule has 1 aliphatic carbocycles. The van der Waals surface area contributed by atoms with Crippen LogP contribution in [0.4, 0.5) is 0 Å². The predicted molar refractivity (Wildman–Crippen MR) is 79.3 cm³/mol. The van der Waals surface area contributed by atoms with Crippen LogP contribution in [0.15, 0.2) is 33.7 Å². The zero-order valence-electron chi connectivity index (χ0n) is 11.1. The Hall–Kier alpha value is -1.13. The number of fused-ring (bicyclic) bond motifs is 1. The van der Waals surface area contributed by atoms with E-state index in [2.05, 4.69) is 5.16 Å². The Balaban J connectivity index is 1.83. The van der Waals surface area contributed by atoms with E-state index >= 15 is 0 Å². The molecular weight excluding hydrogens is 294 g/mol. The van der Waals surface area contributed by atoms with Gasteiger partial charge in [-0.1, -0.05) is 35.3 Å². The molecule has 1 unspecified atom stereocenters. The fraction of sp³-hybridized carbons (Fsp3) is 0.400. The number of benzene rings is 1. The van der Waals surface area contributed by atoms with Gasteiger partial charge in [0, 0.05) is 12.0 Å². The molecule has 0 spiro atoms. The van der Waals surface area contributed by atoms with Gasteiger partial charge in [0.2, 0.25) is 0 Å². The van der Waals surface area contributed by atoms with Gasteiger partial charge in [-0.3, -0.25) is 4.21 Å². The molecule has 1 aromatic carbocycles. The molecular formula is C15H16ClNO2S. The highest BCUT2D eigenvalue weighted by Gasteiger charge is 2.20. The first kappa shape index (κ1) is 13.8. The molecule has 5 heteroatoms. The number of hydrogen-bond acceptors (Lipinski definition) is 3. The van der Waals surface area contributed by atoms with Crippen LogP contribution in [0.25, 0.3) is 0 Å². The van der Waals surface area contributed by atoms with Gasteiger partial charge in [0.15, 0.2) is 0 Å². The molecule has 1 atom stereocenters. The van der Waals surface area contributed by atoms with Gasteiger partial charge in [0.25, 0.3) is 0 Å². The van der Waals surface area contributed by atoms with Crippen molar-refractivity contribution in [1.29, 1.82) is 0 Å². The SMILES string of the molecule is O=S(Cc1noc2c1CCCCC2)c1ccccc1Cl. The molecule has 0 bridgehead atoms. The quantitative estimate of drug-likeness (QED) is 0.807. The van der Waals surface area contributed by atoms with E-state index in [-0.39, 0.29) is 0 Å². The van der Waals surface area contributed by atoms with Crippen molar-refractivity contribution in [1.82, 2.24) is 5.16 Å². The predicted octanol–water partition coefficient (Wildman–Crippen LogP) is 3.90. The Morgan fingerprint density at radius 3 is 2.85 bits per heavy atom. The third kappa shape index (κ3) is 2.81. The van der Waals surface area contributed by atoms with Crippen LogP contribution in [0.2, 0.25) is 5.02 Å². The molecule has 0 fully saturated rings. The van der Waals surface area contributed by atoms with Gasteiger partial charge in [-0.2, -0.15) is 0 Å². The van der Waals surface area contributed by atoms with Crippen LogP contribution in [0.1, 0.15) is 36.3 Å². The van der Waals surface area contributed by atoms with Crippen LogP contribution in [0, 0.1) is 0 Å². The molecule has 3 rings (SSSR count). The molecule has 0 saturated carbocycles. The molecule has 1 heterocycles. The Labute approximate surface area is 125 Å². The third-order valence-corrected chi connectivity index (χ3v) is 5.46. The zero-order chi connectivity index (χ0) is 13.9. The van der Waals surface area contributed by atoms with Gasteiger partial charge < -0.3 is 4.52 Å². The van der Waals surface area contributed by atoms with E-state index in [1.54, 1.807) is 12.1 Å². The summed E-state index contributed by atoms with van der Waals surface area (Å²) in [5.41, 5.74) is 2.00. The molecule has 0 amide bonds. The van der Waals surface area contributed by atoms with Crippen molar-refractivity contribution in [2.75, 3.05) is 0 Å². The maximum Gasteiger partial charge on any atom is 0.140 e. The van der Waals surface area contributed by atoms with Gasteiger partial charge >= 0.3 is 0 Å². The van der Waals surface area contributed by atoms with Crippen LogP contribution in [0.3, 0.4) is 0 Å². The standard InChI is InChI=1S/C15H16ClNO2S/c16-12-7-4-5-9-15(12)20(18)10-13-11-6-2-1-3-8-14(11)19-17-13/h4-5,7,9H,1-3,6,8,10H2. The fourth-order valence-electron chi connectivity index (χ4n) is 2.57. The van der Waals surface area contributed by atoms with Gasteiger partial charge in [0.05, 0.1) is 32.2 Å². The maximum atomic E-state index is 12.4. The number of hydrogen-bond donors (Lipinski definition) is 0. The smallest absolute Gasteiger partial charge is 0.140 e. The maximum absolute atomic E-state index is 12.4. The third-order valence-electron chi connectivity index (χ3n) is 3.63. The second-order valence-electron chi connectivity index (χ2n) is 5.01. The molecule has 3 nitrogen and oxygen atoms in total. The minimum Gasteiger partial charge on any atom is -0.361 e. The topological polar surface area (TPSA) is 43.1 Å². The highest BCUT2D eigenvalue weighted by molar-refractivity contribution is 7.84. The first-order valence-corrected chi connectivity index (χ1v) is 8.54. The number of rotatable bonds is 3. The van der Waals surface area contributed by atoms with Gasteiger partial charge in [-0.05, 0) is 31.4 Å². The second-order valence-corrected chi connectivity index (χ2v) is 6.84. The lowest BCUT2D eigenvalue weighted by molar-refractivity contribution is 0.376. The fourth-order valence-corrected chi connectivity index (χ4v) is 4.11. The summed E-state index contributed by atoms with van der Waals surface area (Å²) < 4.78 is 17.9. The van der Waals surface area contributed by atoms with Gasteiger partial charge in [-0.25, -0.2) is 0 Å². The zero-order valence-corrected chi connectivity index (χ0v) is 12.7. The van der Waals surface area contributed by atoms with Crippen LogP contribution in [-0.2, 0) is 29.4 Å². The molecule has 1 aliphatic rings. The van der Waals surface area contributed by atoms with E-state index in [4.69, 9.17) is 16.1 Å². The van der Waals surface area contributed by atoms with E-state index in [1.165, 1.54) is 12.0 Å². The molecule has 2 aromatic rings. The molecule has 0 N–H and O–H groups in total. The Kier molecular flexibility index (Phi) is 4.22. The summed E-state index contributed by atoms with van der Waals surface area (Å²) in [6, 6.07) is 7.25. The van der Waals surface area contributed by atoms with Crippen LogP contribution < -0.4 is 0 Å². The number of halogens is 1. The molecule has 20 heavy (non-hydrogen) atoms. The number of aromatic nitrogens is 1. The van der Waals surface area contributed by atoms with E-state index in [0.717, 1.165) is 37.1 Å². The molecule has 0 aliphatic heterocycles. The summed E-state index contributed by atoms with van der Waals surface area (Å²) in [4.78, 5) is 0.666. The van der Waals surface area contributed by atoms with E-state index in [1.807, 2.05) is 12.1 Å². The number of nitrogens with zero attached hydrogens (tertiary/aromatic N) is 1. The van der Waals surface area contributed by atoms with Crippen molar-refractivity contribution in [2.45, 2.75) is 42.8 Å². The monoisotopic (exact) mass is 309 g/mol. The highest BCUT2D eigenvalue weighted by atomic mass is 35.5. The Morgan fingerprint density at radius 2 is 2.00 bits per heavy atom. The van der Waals surface area contributed by atoms with Crippen molar-refractivity contribution in [3.05, 3.63) is 46.3 Å². The van der Waals surface area contributed by atoms with E-state index < -0.39 is 10.8 Å². The summed E-state index contributed by atoms with van der Waals surface area (Å²) in [6.45, 7) is 0. The van der Waals surface area contributed by atoms with Crippen molar-refractivity contribution in [3.63, 3.8) is 0 Å². The first-order valence-electron chi connectivity index (χ1n) is 6.85. The highest BCUT2D eigenvalue weighted by Crippen LogP contribution is 2.27. The van der Waals surface area contributed by atoms with Crippen molar-refractivity contribution in [2.24, 2.45) is 0 Å². The summed E-state index contributed by atoms with van der Waals surface area (Å²) in [7, 11) is -1.18. The summed E-state index contributed by atoms with van der Waals surface area (Å²) in [5, 5.41) is 4.67. The first-order chi connectivity index (χ1) is 9.75. The average molecular weight is 310 g/mol. The summed E-state index contributed by atoms with van der Waals surface area (Å²) in [6.07, 6.45) is 5.45. The van der Waals surface area contributed by atoms with Gasteiger partial charge in [0.1, 0.15) is 5.76 Å². The normalized spacial score (nSPS) is 16.4. The lowest BCUT2D eigenvalue weighted by Crippen LogP contribution is -2.01.